The average molecular weight is 459 g/mol. The summed E-state index contributed by atoms with van der Waals surface area (Å²) >= 11 is 0. The Kier molecular flexibility index (Phi) is 6.87. The molecule has 0 fully saturated rings. The molecular weight excluding hydrogens is 437 g/mol. The molecule has 2 heterocycles. The molecule has 0 spiro atoms. The summed E-state index contributed by atoms with van der Waals surface area (Å²) in [5.74, 6) is -0.569. The van der Waals surface area contributed by atoms with Crippen LogP contribution in [0.15, 0.2) is 89.7 Å². The number of para-hydroxylation sites is 2. The summed E-state index contributed by atoms with van der Waals surface area (Å²) < 4.78 is 3.29. The Morgan fingerprint density at radius 3 is 2.43 bits per heavy atom. The van der Waals surface area contributed by atoms with Crippen molar-refractivity contribution in [2.24, 2.45) is 0 Å². The number of hydrogen-bond donors (Lipinski definition) is 2. The molecule has 0 unspecified atom stereocenters. The minimum atomic E-state index is -1.01. The van der Waals surface area contributed by atoms with E-state index in [-0.39, 0.29) is 36.5 Å². The number of carboxylic acid groups (broad SMARTS) is 1. The van der Waals surface area contributed by atoms with Crippen LogP contribution in [-0.4, -0.2) is 49.3 Å². The van der Waals surface area contributed by atoms with Gasteiger partial charge >= 0.3 is 24.8 Å². The predicted octanol–water partition coefficient (Wildman–Crippen LogP) is 2.99. The average Bonchev–Trinajstić information content (AvgIpc) is 3.16. The Bertz CT molecular complexity index is 1590. The maximum atomic E-state index is 12.4. The van der Waals surface area contributed by atoms with Crippen molar-refractivity contribution in [3.8, 4) is 11.3 Å². The van der Waals surface area contributed by atoms with Crippen molar-refractivity contribution in [2.75, 3.05) is 5.73 Å². The normalized spacial score (nSPS) is 10.7. The van der Waals surface area contributed by atoms with Crippen LogP contribution in [0, 0.1) is 0 Å². The van der Waals surface area contributed by atoms with E-state index in [9.17, 15) is 14.7 Å². The van der Waals surface area contributed by atoms with Crippen molar-refractivity contribution in [1.29, 1.82) is 0 Å². The number of aromatic carboxylic acids is 1. The summed E-state index contributed by atoms with van der Waals surface area (Å²) in [7, 11) is 0. The summed E-state index contributed by atoms with van der Waals surface area (Å²) in [6.45, 7) is 0.715. The van der Waals surface area contributed by atoms with Crippen LogP contribution >= 0.6 is 0 Å². The van der Waals surface area contributed by atoms with E-state index in [2.05, 4.69) is 10.1 Å². The van der Waals surface area contributed by atoms with E-state index in [0.717, 1.165) is 22.2 Å². The first kappa shape index (κ1) is 24.0. The SMILES string of the molecule is Nc1nc2ccccc2n1Cc1cccc(-c2ccc(=O)n(Cc3cccc(C(=O)O)c3)n2)c1.[LiH]. The van der Waals surface area contributed by atoms with Gasteiger partial charge < -0.3 is 15.4 Å². The van der Waals surface area contributed by atoms with Crippen LogP contribution in [0.1, 0.15) is 21.5 Å². The summed E-state index contributed by atoms with van der Waals surface area (Å²) in [5, 5.41) is 13.7. The molecule has 0 saturated heterocycles. The second-order valence-corrected chi connectivity index (χ2v) is 7.97. The fourth-order valence-electron chi connectivity index (χ4n) is 3.96. The van der Waals surface area contributed by atoms with Crippen LogP contribution in [0.5, 0.6) is 0 Å². The fraction of sp³-hybridized carbons (Fsp3) is 0.0769. The van der Waals surface area contributed by atoms with Crippen molar-refractivity contribution in [2.45, 2.75) is 13.1 Å². The van der Waals surface area contributed by atoms with Crippen LogP contribution in [0.25, 0.3) is 22.3 Å². The molecule has 0 atom stereocenters. The third-order valence-electron chi connectivity index (χ3n) is 5.62. The summed E-state index contributed by atoms with van der Waals surface area (Å²) in [6, 6.07) is 25.3. The molecule has 5 rings (SSSR count). The van der Waals surface area contributed by atoms with E-state index in [1.54, 1.807) is 24.3 Å². The molecule has 0 amide bonds. The van der Waals surface area contributed by atoms with Crippen LogP contribution in [0.3, 0.4) is 0 Å². The van der Waals surface area contributed by atoms with Gasteiger partial charge in [0.15, 0.2) is 0 Å². The number of imidazole rings is 1. The van der Waals surface area contributed by atoms with Gasteiger partial charge in [-0.1, -0.05) is 42.5 Å². The van der Waals surface area contributed by atoms with Crippen molar-refractivity contribution in [1.82, 2.24) is 19.3 Å². The molecule has 8 nitrogen and oxygen atoms in total. The number of benzene rings is 3. The van der Waals surface area contributed by atoms with E-state index in [0.29, 0.717) is 23.8 Å². The summed E-state index contributed by atoms with van der Waals surface area (Å²) in [5.41, 5.74) is 11.1. The molecule has 0 aliphatic carbocycles. The number of anilines is 1. The number of nitrogen functional groups attached to an aromatic ring is 1. The van der Waals surface area contributed by atoms with Crippen LogP contribution in [0.4, 0.5) is 5.95 Å². The van der Waals surface area contributed by atoms with Crippen molar-refractivity contribution < 1.29 is 9.90 Å². The van der Waals surface area contributed by atoms with Crippen molar-refractivity contribution in [3.63, 3.8) is 0 Å². The maximum absolute atomic E-state index is 12.4. The number of carboxylic acids is 1. The van der Waals surface area contributed by atoms with Gasteiger partial charge in [0.2, 0.25) is 5.95 Å². The van der Waals surface area contributed by atoms with Gasteiger partial charge in [-0.15, -0.1) is 0 Å². The molecule has 3 aromatic carbocycles. The molecule has 170 valence electrons. The zero-order valence-corrected chi connectivity index (χ0v) is 18.1. The van der Waals surface area contributed by atoms with E-state index in [4.69, 9.17) is 5.73 Å². The van der Waals surface area contributed by atoms with Gasteiger partial charge in [-0.3, -0.25) is 4.79 Å². The van der Waals surface area contributed by atoms with Crippen LogP contribution in [0.2, 0.25) is 0 Å². The molecule has 2 aromatic heterocycles. The second kappa shape index (κ2) is 10.0. The van der Waals surface area contributed by atoms with Gasteiger partial charge in [-0.2, -0.15) is 5.10 Å². The third-order valence-corrected chi connectivity index (χ3v) is 5.62. The Morgan fingerprint density at radius 1 is 0.886 bits per heavy atom. The molecule has 0 aliphatic heterocycles. The Labute approximate surface area is 212 Å². The number of nitrogens with zero attached hydrogens (tertiary/aromatic N) is 4. The van der Waals surface area contributed by atoms with E-state index >= 15 is 0 Å². The Hall–Kier alpha value is -4.12. The number of fused-ring (bicyclic) bond motifs is 1. The zero-order chi connectivity index (χ0) is 23.7. The summed E-state index contributed by atoms with van der Waals surface area (Å²) in [4.78, 5) is 28.1. The zero-order valence-electron chi connectivity index (χ0n) is 18.1. The monoisotopic (exact) mass is 459 g/mol. The van der Waals surface area contributed by atoms with Gasteiger partial charge in [0.1, 0.15) is 0 Å². The number of carbonyl (C=O) groups is 1. The molecule has 0 radical (unpaired) electrons. The third kappa shape index (κ3) is 5.04. The fourth-order valence-corrected chi connectivity index (χ4v) is 3.96. The molecule has 5 aromatic rings. The minimum absolute atomic E-state index is 0. The van der Waals surface area contributed by atoms with Gasteiger partial charge in [-0.05, 0) is 47.5 Å². The number of nitrogens with two attached hydrogens (primary N) is 1. The first-order valence-corrected chi connectivity index (χ1v) is 10.7. The molecule has 3 N–H and O–H groups in total. The van der Waals surface area contributed by atoms with Gasteiger partial charge in [0.05, 0.1) is 35.4 Å². The van der Waals surface area contributed by atoms with Crippen LogP contribution < -0.4 is 11.3 Å². The molecule has 35 heavy (non-hydrogen) atoms. The first-order chi connectivity index (χ1) is 16.5. The molecule has 0 bridgehead atoms. The van der Waals surface area contributed by atoms with Gasteiger partial charge in [-0.25, -0.2) is 14.5 Å². The predicted molar refractivity (Wildman–Crippen MR) is 137 cm³/mol. The first-order valence-electron chi connectivity index (χ1n) is 10.7. The topological polar surface area (TPSA) is 116 Å². The van der Waals surface area contributed by atoms with E-state index in [1.807, 2.05) is 53.1 Å². The van der Waals surface area contributed by atoms with E-state index < -0.39 is 5.97 Å². The standard InChI is InChI=1S/C26H21N5O3.Li.H/c27-26-28-22-9-1-2-10-23(22)30(26)15-17-5-3-7-19(13-17)21-11-12-24(32)31(29-21)16-18-6-4-8-20(14-18)25(33)34;;/h1-14H,15-16H2,(H2,27,28)(H,33,34);;. The number of hydrogen-bond acceptors (Lipinski definition) is 5. The van der Waals surface area contributed by atoms with Crippen molar-refractivity contribution >= 4 is 41.8 Å². The Morgan fingerprint density at radius 2 is 1.63 bits per heavy atom. The molecule has 0 aliphatic rings. The van der Waals surface area contributed by atoms with E-state index in [1.165, 1.54) is 16.8 Å². The van der Waals surface area contributed by atoms with Gasteiger partial charge in [0.25, 0.3) is 5.56 Å². The number of aromatic nitrogens is 4. The molecule has 0 saturated carbocycles. The van der Waals surface area contributed by atoms with Crippen molar-refractivity contribution in [3.05, 3.63) is 112 Å². The Balaban J connectivity index is 0.00000289. The summed E-state index contributed by atoms with van der Waals surface area (Å²) in [6.07, 6.45) is 0. The number of rotatable bonds is 6. The second-order valence-electron chi connectivity index (χ2n) is 7.97. The molecular formula is C26H22LiN5O3. The van der Waals surface area contributed by atoms with Crippen LogP contribution in [-0.2, 0) is 13.1 Å². The quantitative estimate of drug-likeness (QED) is 0.377. The molecule has 9 heteroatoms. The van der Waals surface area contributed by atoms with Gasteiger partial charge in [0, 0.05) is 11.6 Å².